The van der Waals surface area contributed by atoms with Crippen molar-refractivity contribution in [2.24, 2.45) is 0 Å². The summed E-state index contributed by atoms with van der Waals surface area (Å²) in [5.41, 5.74) is 0. The smallest absolute Gasteiger partial charge is 0.407 e. The third-order valence-electron chi connectivity index (χ3n) is 2.24. The second kappa shape index (κ2) is 8.58. The minimum atomic E-state index is -0.709. The normalized spacial score (nSPS) is 11.1. The number of nitrogens with one attached hydrogen (secondary N) is 1. The van der Waals surface area contributed by atoms with E-state index >= 15 is 0 Å². The van der Waals surface area contributed by atoms with Gasteiger partial charge < -0.3 is 19.5 Å². The lowest BCUT2D eigenvalue weighted by molar-refractivity contribution is -0.141. The molecule has 0 bridgehead atoms. The van der Waals surface area contributed by atoms with Crippen LogP contribution in [0.4, 0.5) is 4.79 Å². The van der Waals surface area contributed by atoms with Gasteiger partial charge in [0.05, 0.1) is 0 Å². The molecule has 0 saturated heterocycles. The average molecular weight is 279 g/mol. The predicted molar refractivity (Wildman–Crippen MR) is 72.4 cm³/mol. The van der Waals surface area contributed by atoms with Crippen LogP contribution in [0.15, 0.2) is 43.0 Å². The second-order valence-electron chi connectivity index (χ2n) is 3.74. The molecule has 0 spiro atoms. The van der Waals surface area contributed by atoms with Crippen molar-refractivity contribution in [3.8, 4) is 5.75 Å². The number of rotatable bonds is 7. The van der Waals surface area contributed by atoms with E-state index < -0.39 is 18.2 Å². The fourth-order valence-corrected chi connectivity index (χ4v) is 1.27. The maximum atomic E-state index is 11.2. The van der Waals surface area contributed by atoms with E-state index in [1.807, 2.05) is 18.2 Å². The highest BCUT2D eigenvalue weighted by Crippen LogP contribution is 2.09. The van der Waals surface area contributed by atoms with E-state index in [4.69, 9.17) is 14.2 Å². The number of benzene rings is 1. The molecular formula is C14H17NO5. The molecule has 1 aromatic carbocycles. The number of amides is 1. The van der Waals surface area contributed by atoms with Crippen LogP contribution < -0.4 is 10.1 Å². The molecule has 0 aromatic heterocycles. The van der Waals surface area contributed by atoms with Crippen LogP contribution >= 0.6 is 0 Å². The van der Waals surface area contributed by atoms with Crippen LogP contribution in [0.3, 0.4) is 0 Å². The van der Waals surface area contributed by atoms with Gasteiger partial charge in [-0.05, 0) is 12.1 Å². The maximum absolute atomic E-state index is 11.2. The van der Waals surface area contributed by atoms with Crippen LogP contribution in [-0.2, 0) is 14.3 Å². The lowest BCUT2D eigenvalue weighted by Crippen LogP contribution is -2.34. The van der Waals surface area contributed by atoms with E-state index in [9.17, 15) is 9.59 Å². The average Bonchev–Trinajstić information content (AvgIpc) is 2.50. The molecule has 0 aliphatic heterocycles. The van der Waals surface area contributed by atoms with Gasteiger partial charge in [0, 0.05) is 13.1 Å². The van der Waals surface area contributed by atoms with Gasteiger partial charge in [-0.1, -0.05) is 24.8 Å². The van der Waals surface area contributed by atoms with Crippen molar-refractivity contribution in [3.05, 3.63) is 43.0 Å². The zero-order valence-corrected chi connectivity index (χ0v) is 11.2. The summed E-state index contributed by atoms with van der Waals surface area (Å²) in [6.07, 6.45) is -0.296. The highest BCUT2D eigenvalue weighted by atomic mass is 16.6. The molecule has 6 heteroatoms. The first-order valence-electron chi connectivity index (χ1n) is 6.01. The third kappa shape index (κ3) is 5.90. The minimum Gasteiger partial charge on any atom is -0.490 e. The van der Waals surface area contributed by atoms with Gasteiger partial charge in [0.2, 0.25) is 0 Å². The molecule has 1 N–H and O–H groups in total. The van der Waals surface area contributed by atoms with E-state index in [2.05, 4.69) is 11.9 Å². The lowest BCUT2D eigenvalue weighted by Gasteiger charge is -2.17. The third-order valence-corrected chi connectivity index (χ3v) is 2.24. The largest absolute Gasteiger partial charge is 0.490 e. The zero-order valence-electron chi connectivity index (χ0n) is 11.2. The van der Waals surface area contributed by atoms with Crippen LogP contribution in [0.2, 0.25) is 0 Å². The Kier molecular flexibility index (Phi) is 6.67. The molecule has 0 aliphatic carbocycles. The van der Waals surface area contributed by atoms with Crippen LogP contribution in [-0.4, -0.2) is 38.4 Å². The number of carbonyl (C=O) groups is 2. The Morgan fingerprint density at radius 2 is 2.00 bits per heavy atom. The summed E-state index contributed by atoms with van der Waals surface area (Å²) < 4.78 is 15.3. The first-order chi connectivity index (χ1) is 9.65. The Balaban J connectivity index is 2.50. The number of carbonyl (C=O) groups excluding carboxylic acids is 2. The van der Waals surface area contributed by atoms with Gasteiger partial charge in [-0.15, -0.1) is 0 Å². The molecule has 1 rings (SSSR count). The molecule has 0 fully saturated rings. The summed E-state index contributed by atoms with van der Waals surface area (Å²) >= 11 is 0. The SMILES string of the molecule is C=CC(=O)OCC(COc1ccccc1)OC(=O)NC. The number of ether oxygens (including phenoxy) is 3. The van der Waals surface area contributed by atoms with E-state index in [1.54, 1.807) is 12.1 Å². The monoisotopic (exact) mass is 279 g/mol. The van der Waals surface area contributed by atoms with Crippen molar-refractivity contribution in [1.29, 1.82) is 0 Å². The zero-order chi connectivity index (χ0) is 14.8. The molecule has 1 aromatic rings. The van der Waals surface area contributed by atoms with Gasteiger partial charge in [0.1, 0.15) is 19.0 Å². The lowest BCUT2D eigenvalue weighted by atomic mass is 10.3. The first kappa shape index (κ1) is 15.6. The molecular weight excluding hydrogens is 262 g/mol. The Morgan fingerprint density at radius 1 is 1.30 bits per heavy atom. The second-order valence-corrected chi connectivity index (χ2v) is 3.74. The van der Waals surface area contributed by atoms with Gasteiger partial charge in [0.15, 0.2) is 6.10 Å². The summed E-state index contributed by atoms with van der Waals surface area (Å²) in [4.78, 5) is 22.2. The van der Waals surface area contributed by atoms with Gasteiger partial charge in [-0.25, -0.2) is 9.59 Å². The van der Waals surface area contributed by atoms with Crippen LogP contribution in [0.5, 0.6) is 5.75 Å². The molecule has 108 valence electrons. The molecule has 6 nitrogen and oxygen atoms in total. The van der Waals surface area contributed by atoms with Gasteiger partial charge in [-0.3, -0.25) is 0 Å². The number of hydrogen-bond donors (Lipinski definition) is 1. The van der Waals surface area contributed by atoms with Crippen LogP contribution in [0.1, 0.15) is 0 Å². The maximum Gasteiger partial charge on any atom is 0.407 e. The Labute approximate surface area is 117 Å². The Morgan fingerprint density at radius 3 is 2.60 bits per heavy atom. The van der Waals surface area contributed by atoms with Crippen molar-refractivity contribution in [2.45, 2.75) is 6.10 Å². The molecule has 0 radical (unpaired) electrons. The highest BCUT2D eigenvalue weighted by Gasteiger charge is 2.16. The fourth-order valence-electron chi connectivity index (χ4n) is 1.27. The van der Waals surface area contributed by atoms with Crippen molar-refractivity contribution in [1.82, 2.24) is 5.32 Å². The van der Waals surface area contributed by atoms with E-state index in [-0.39, 0.29) is 13.2 Å². The Hall–Kier alpha value is -2.50. The summed E-state index contributed by atoms with van der Waals surface area (Å²) in [6, 6.07) is 9.04. The van der Waals surface area contributed by atoms with Gasteiger partial charge in [-0.2, -0.15) is 0 Å². The quantitative estimate of drug-likeness (QED) is 0.605. The van der Waals surface area contributed by atoms with E-state index in [1.165, 1.54) is 7.05 Å². The standard InChI is InChI=1S/C14H17NO5/c1-3-13(16)19-10-12(20-14(17)15-2)9-18-11-7-5-4-6-8-11/h3-8,12H,1,9-10H2,2H3,(H,15,17). The Bertz CT molecular complexity index is 446. The molecule has 1 amide bonds. The molecule has 1 unspecified atom stereocenters. The van der Waals surface area contributed by atoms with Gasteiger partial charge >= 0.3 is 12.1 Å². The van der Waals surface area contributed by atoms with Gasteiger partial charge in [0.25, 0.3) is 0 Å². The minimum absolute atomic E-state index is 0.0713. The predicted octanol–water partition coefficient (Wildman–Crippen LogP) is 1.52. The fraction of sp³-hybridized carbons (Fsp3) is 0.286. The van der Waals surface area contributed by atoms with E-state index in [0.717, 1.165) is 6.08 Å². The first-order valence-corrected chi connectivity index (χ1v) is 6.01. The molecule has 0 heterocycles. The summed E-state index contributed by atoms with van der Waals surface area (Å²) in [5, 5.41) is 2.32. The number of alkyl carbamates (subject to hydrolysis) is 1. The van der Waals surface area contributed by atoms with Crippen LogP contribution in [0, 0.1) is 0 Å². The molecule has 1 atom stereocenters. The highest BCUT2D eigenvalue weighted by molar-refractivity contribution is 5.81. The number of hydrogen-bond acceptors (Lipinski definition) is 5. The van der Waals surface area contributed by atoms with Crippen molar-refractivity contribution >= 4 is 12.1 Å². The van der Waals surface area contributed by atoms with Crippen molar-refractivity contribution in [2.75, 3.05) is 20.3 Å². The van der Waals surface area contributed by atoms with Crippen molar-refractivity contribution in [3.63, 3.8) is 0 Å². The molecule has 20 heavy (non-hydrogen) atoms. The van der Waals surface area contributed by atoms with E-state index in [0.29, 0.717) is 5.75 Å². The van der Waals surface area contributed by atoms with Crippen LogP contribution in [0.25, 0.3) is 0 Å². The molecule has 0 aliphatic rings. The summed E-state index contributed by atoms with van der Waals surface area (Å²) in [6.45, 7) is 3.25. The summed E-state index contributed by atoms with van der Waals surface area (Å²) in [7, 11) is 1.44. The van der Waals surface area contributed by atoms with Crippen molar-refractivity contribution < 1.29 is 23.8 Å². The summed E-state index contributed by atoms with van der Waals surface area (Å²) in [5.74, 6) is 0.0447. The number of para-hydroxylation sites is 1. The number of esters is 1. The molecule has 0 saturated carbocycles. The topological polar surface area (TPSA) is 73.9 Å².